The predicted molar refractivity (Wildman–Crippen MR) is 76.3 cm³/mol. The van der Waals surface area contributed by atoms with E-state index < -0.39 is 0 Å². The molecule has 19 heavy (non-hydrogen) atoms. The van der Waals surface area contributed by atoms with E-state index in [0.717, 1.165) is 42.4 Å². The van der Waals surface area contributed by atoms with Crippen LogP contribution in [-0.4, -0.2) is 42.0 Å². The third kappa shape index (κ3) is 2.49. The molecule has 0 saturated carbocycles. The summed E-state index contributed by atoms with van der Waals surface area (Å²) in [5.74, 6) is 0.0257. The van der Waals surface area contributed by atoms with Gasteiger partial charge in [-0.25, -0.2) is 0 Å². The highest BCUT2D eigenvalue weighted by molar-refractivity contribution is 6.06. The lowest BCUT2D eigenvalue weighted by Gasteiger charge is -2.30. The van der Waals surface area contributed by atoms with Crippen molar-refractivity contribution >= 4 is 16.8 Å². The number of benzene rings is 1. The fraction of sp³-hybridized carbons (Fsp3) is 0.400. The first kappa shape index (κ1) is 12.2. The van der Waals surface area contributed by atoms with E-state index in [1.165, 1.54) is 0 Å². The molecule has 1 amide bonds. The Morgan fingerprint density at radius 2 is 2.26 bits per heavy atom. The minimum Gasteiger partial charge on any atom is -0.360 e. The van der Waals surface area contributed by atoms with Crippen molar-refractivity contribution < 1.29 is 4.79 Å². The zero-order valence-electron chi connectivity index (χ0n) is 11.1. The van der Waals surface area contributed by atoms with Crippen molar-refractivity contribution in [2.45, 2.75) is 18.9 Å². The van der Waals surface area contributed by atoms with Crippen molar-refractivity contribution in [1.82, 2.24) is 15.2 Å². The third-order valence-electron chi connectivity index (χ3n) is 3.79. The molecule has 0 bridgehead atoms. The molecule has 0 radical (unpaired) electrons. The summed E-state index contributed by atoms with van der Waals surface area (Å²) < 4.78 is 0. The first-order valence-corrected chi connectivity index (χ1v) is 6.79. The molecule has 2 N–H and O–H groups in total. The quantitative estimate of drug-likeness (QED) is 0.864. The number of likely N-dealkylation sites (tertiary alicyclic amines) is 1. The highest BCUT2D eigenvalue weighted by atomic mass is 16.1. The fourth-order valence-corrected chi connectivity index (χ4v) is 2.81. The number of hydrogen-bond acceptors (Lipinski definition) is 2. The van der Waals surface area contributed by atoms with E-state index in [-0.39, 0.29) is 11.9 Å². The molecule has 1 aromatic carbocycles. The molecule has 2 heterocycles. The van der Waals surface area contributed by atoms with Crippen molar-refractivity contribution in [2.75, 3.05) is 20.1 Å². The number of carbonyl (C=O) groups excluding carboxylic acids is 1. The molecule has 1 aromatic heterocycles. The number of fused-ring (bicyclic) bond motifs is 1. The number of para-hydroxylation sites is 1. The molecule has 100 valence electrons. The van der Waals surface area contributed by atoms with Crippen LogP contribution in [0.4, 0.5) is 0 Å². The van der Waals surface area contributed by atoms with Gasteiger partial charge in [-0.15, -0.1) is 0 Å². The summed E-state index contributed by atoms with van der Waals surface area (Å²) >= 11 is 0. The highest BCUT2D eigenvalue weighted by Crippen LogP contribution is 2.18. The molecule has 4 heteroatoms. The second-order valence-electron chi connectivity index (χ2n) is 5.32. The maximum absolute atomic E-state index is 12.3. The molecule has 1 aliphatic rings. The van der Waals surface area contributed by atoms with Crippen LogP contribution in [0.2, 0.25) is 0 Å². The second-order valence-corrected chi connectivity index (χ2v) is 5.32. The lowest BCUT2D eigenvalue weighted by atomic mass is 10.1. The van der Waals surface area contributed by atoms with E-state index in [1.54, 1.807) is 6.20 Å². The normalized spacial score (nSPS) is 20.6. The number of aromatic nitrogens is 1. The minimum absolute atomic E-state index is 0.0257. The molecule has 1 fully saturated rings. The van der Waals surface area contributed by atoms with Gasteiger partial charge in [0.15, 0.2) is 0 Å². The van der Waals surface area contributed by atoms with Gasteiger partial charge in [0, 0.05) is 29.7 Å². The van der Waals surface area contributed by atoms with Crippen LogP contribution < -0.4 is 5.32 Å². The van der Waals surface area contributed by atoms with E-state index in [2.05, 4.69) is 22.2 Å². The van der Waals surface area contributed by atoms with E-state index in [4.69, 9.17) is 0 Å². The van der Waals surface area contributed by atoms with Crippen molar-refractivity contribution in [3.8, 4) is 0 Å². The van der Waals surface area contributed by atoms with Crippen molar-refractivity contribution in [2.24, 2.45) is 0 Å². The molecule has 1 unspecified atom stereocenters. The van der Waals surface area contributed by atoms with Gasteiger partial charge in [0.05, 0.1) is 5.56 Å². The van der Waals surface area contributed by atoms with Gasteiger partial charge < -0.3 is 15.2 Å². The fourth-order valence-electron chi connectivity index (χ4n) is 2.81. The predicted octanol–water partition coefficient (Wildman–Crippen LogP) is 1.99. The van der Waals surface area contributed by atoms with E-state index in [1.807, 2.05) is 24.3 Å². The standard InChI is InChI=1S/C15H19N3O/c1-18-8-4-5-11(10-18)17-15(19)13-9-16-14-7-3-2-6-12(13)14/h2-3,6-7,9,11,16H,4-5,8,10H2,1H3,(H,17,19). The Morgan fingerprint density at radius 3 is 3.11 bits per heavy atom. The van der Waals surface area contributed by atoms with Gasteiger partial charge >= 0.3 is 0 Å². The number of rotatable bonds is 2. The van der Waals surface area contributed by atoms with Crippen LogP contribution in [0.1, 0.15) is 23.2 Å². The Morgan fingerprint density at radius 1 is 1.42 bits per heavy atom. The van der Waals surface area contributed by atoms with Crippen LogP contribution in [0.15, 0.2) is 30.5 Å². The van der Waals surface area contributed by atoms with E-state index >= 15 is 0 Å². The largest absolute Gasteiger partial charge is 0.360 e. The monoisotopic (exact) mass is 257 g/mol. The van der Waals surface area contributed by atoms with Gasteiger partial charge in [0.2, 0.25) is 0 Å². The van der Waals surface area contributed by atoms with Gasteiger partial charge in [-0.3, -0.25) is 4.79 Å². The van der Waals surface area contributed by atoms with Crippen LogP contribution >= 0.6 is 0 Å². The van der Waals surface area contributed by atoms with Crippen molar-refractivity contribution in [3.63, 3.8) is 0 Å². The van der Waals surface area contributed by atoms with E-state index in [0.29, 0.717) is 0 Å². The number of nitrogens with one attached hydrogen (secondary N) is 2. The summed E-state index contributed by atoms with van der Waals surface area (Å²) in [6.07, 6.45) is 4.01. The zero-order valence-corrected chi connectivity index (χ0v) is 11.1. The molecule has 2 aromatic rings. The smallest absolute Gasteiger partial charge is 0.253 e. The topological polar surface area (TPSA) is 48.1 Å². The molecular formula is C15H19N3O. The zero-order chi connectivity index (χ0) is 13.2. The molecule has 1 atom stereocenters. The first-order valence-electron chi connectivity index (χ1n) is 6.79. The molecule has 4 nitrogen and oxygen atoms in total. The maximum atomic E-state index is 12.3. The average molecular weight is 257 g/mol. The number of likely N-dealkylation sites (N-methyl/N-ethyl adjacent to an activating group) is 1. The molecule has 1 saturated heterocycles. The molecule has 3 rings (SSSR count). The number of piperidine rings is 1. The summed E-state index contributed by atoms with van der Waals surface area (Å²) in [4.78, 5) is 17.8. The van der Waals surface area contributed by atoms with Gasteiger partial charge in [-0.2, -0.15) is 0 Å². The number of hydrogen-bond donors (Lipinski definition) is 2. The van der Waals surface area contributed by atoms with Gasteiger partial charge in [0.25, 0.3) is 5.91 Å². The Bertz CT molecular complexity index is 590. The third-order valence-corrected chi connectivity index (χ3v) is 3.79. The highest BCUT2D eigenvalue weighted by Gasteiger charge is 2.20. The van der Waals surface area contributed by atoms with Crippen LogP contribution in [-0.2, 0) is 0 Å². The lowest BCUT2D eigenvalue weighted by Crippen LogP contribution is -2.46. The summed E-state index contributed by atoms with van der Waals surface area (Å²) in [6.45, 7) is 2.06. The first-order chi connectivity index (χ1) is 9.24. The molecule has 1 aliphatic heterocycles. The Labute approximate surface area is 112 Å². The Kier molecular flexibility index (Phi) is 3.25. The SMILES string of the molecule is CN1CCCC(NC(=O)c2c[nH]c3ccccc23)C1. The number of nitrogens with zero attached hydrogens (tertiary/aromatic N) is 1. The summed E-state index contributed by atoms with van der Waals surface area (Å²) in [6, 6.07) is 8.16. The molecule has 0 spiro atoms. The van der Waals surface area contributed by atoms with Crippen LogP contribution in [0.5, 0.6) is 0 Å². The lowest BCUT2D eigenvalue weighted by molar-refractivity contribution is 0.0914. The average Bonchev–Trinajstić information content (AvgIpc) is 2.82. The van der Waals surface area contributed by atoms with Crippen molar-refractivity contribution in [1.29, 1.82) is 0 Å². The molecule has 0 aliphatic carbocycles. The number of H-pyrrole nitrogens is 1. The Balaban J connectivity index is 1.76. The van der Waals surface area contributed by atoms with Gasteiger partial charge in [-0.05, 0) is 32.5 Å². The van der Waals surface area contributed by atoms with E-state index in [9.17, 15) is 4.79 Å². The van der Waals surface area contributed by atoms with Crippen LogP contribution in [0.25, 0.3) is 10.9 Å². The van der Waals surface area contributed by atoms with Gasteiger partial charge in [-0.1, -0.05) is 18.2 Å². The Hall–Kier alpha value is -1.81. The number of carbonyl (C=O) groups is 1. The second kappa shape index (κ2) is 5.05. The summed E-state index contributed by atoms with van der Waals surface area (Å²) in [5.41, 5.74) is 1.75. The number of amides is 1. The number of aromatic amines is 1. The summed E-state index contributed by atoms with van der Waals surface area (Å²) in [7, 11) is 2.10. The minimum atomic E-state index is 0.0257. The van der Waals surface area contributed by atoms with Crippen LogP contribution in [0.3, 0.4) is 0 Å². The van der Waals surface area contributed by atoms with Crippen molar-refractivity contribution in [3.05, 3.63) is 36.0 Å². The van der Waals surface area contributed by atoms with Gasteiger partial charge in [0.1, 0.15) is 0 Å². The molecular weight excluding hydrogens is 238 g/mol. The summed E-state index contributed by atoms with van der Waals surface area (Å²) in [5, 5.41) is 4.13. The maximum Gasteiger partial charge on any atom is 0.253 e. The van der Waals surface area contributed by atoms with Crippen LogP contribution in [0, 0.1) is 0 Å².